The maximum absolute atomic E-state index is 13.4. The van der Waals surface area contributed by atoms with Gasteiger partial charge in [0.05, 0.1) is 4.47 Å². The van der Waals surface area contributed by atoms with Crippen molar-refractivity contribution in [2.45, 2.75) is 52.9 Å². The van der Waals surface area contributed by atoms with Gasteiger partial charge in [-0.25, -0.2) is 4.39 Å². The van der Waals surface area contributed by atoms with Crippen LogP contribution in [0.4, 0.5) is 4.39 Å². The lowest BCUT2D eigenvalue weighted by Gasteiger charge is -2.44. The molecule has 2 rings (SSSR count). The Bertz CT molecular complexity index is 484. The molecule has 0 amide bonds. The molecule has 0 saturated heterocycles. The first-order valence-corrected chi connectivity index (χ1v) is 8.69. The van der Waals surface area contributed by atoms with Gasteiger partial charge in [-0.1, -0.05) is 26.8 Å². The third-order valence-corrected chi connectivity index (χ3v) is 5.87. The Balaban J connectivity index is 2.08. The van der Waals surface area contributed by atoms with Gasteiger partial charge in [0, 0.05) is 0 Å². The van der Waals surface area contributed by atoms with E-state index >= 15 is 0 Å². The highest BCUT2D eigenvalue weighted by Gasteiger charge is 2.37. The summed E-state index contributed by atoms with van der Waals surface area (Å²) >= 11 is 3.28. The van der Waals surface area contributed by atoms with E-state index in [0.717, 1.165) is 18.9 Å². The molecule has 1 saturated carbocycles. The lowest BCUT2D eigenvalue weighted by Crippen LogP contribution is -2.39. The molecule has 0 aliphatic heterocycles. The molecule has 0 heterocycles. The van der Waals surface area contributed by atoms with E-state index in [2.05, 4.69) is 36.7 Å². The summed E-state index contributed by atoms with van der Waals surface area (Å²) in [6.07, 6.45) is 5.83. The van der Waals surface area contributed by atoms with Crippen molar-refractivity contribution in [2.75, 3.05) is 6.54 Å². The summed E-state index contributed by atoms with van der Waals surface area (Å²) in [6, 6.07) is 5.35. The summed E-state index contributed by atoms with van der Waals surface area (Å²) in [4.78, 5) is 0. The lowest BCUT2D eigenvalue weighted by molar-refractivity contribution is 0.0926. The Morgan fingerprint density at radius 1 is 1.29 bits per heavy atom. The van der Waals surface area contributed by atoms with Crippen molar-refractivity contribution in [1.29, 1.82) is 0 Å². The van der Waals surface area contributed by atoms with E-state index in [1.54, 1.807) is 6.07 Å². The monoisotopic (exact) mass is 355 g/mol. The molecule has 0 bridgehead atoms. The fraction of sp³-hybridized carbons (Fsp3) is 0.667. The minimum atomic E-state index is -0.197. The Morgan fingerprint density at radius 2 is 1.90 bits per heavy atom. The molecular weight excluding hydrogens is 329 g/mol. The maximum Gasteiger partial charge on any atom is 0.137 e. The highest BCUT2D eigenvalue weighted by Crippen LogP contribution is 2.46. The van der Waals surface area contributed by atoms with Gasteiger partial charge in [0.1, 0.15) is 5.82 Å². The fourth-order valence-corrected chi connectivity index (χ4v) is 4.06. The van der Waals surface area contributed by atoms with E-state index in [0.29, 0.717) is 9.89 Å². The molecule has 1 aliphatic rings. The Hall–Kier alpha value is -0.410. The van der Waals surface area contributed by atoms with Crippen LogP contribution in [0.2, 0.25) is 0 Å². The van der Waals surface area contributed by atoms with Crippen LogP contribution >= 0.6 is 15.9 Å². The zero-order chi connectivity index (χ0) is 15.7. The second-order valence-corrected chi connectivity index (χ2v) is 8.62. The Labute approximate surface area is 136 Å². The van der Waals surface area contributed by atoms with Gasteiger partial charge in [-0.3, -0.25) is 0 Å². The Morgan fingerprint density at radius 3 is 2.38 bits per heavy atom. The maximum atomic E-state index is 13.4. The van der Waals surface area contributed by atoms with E-state index in [9.17, 15) is 4.39 Å². The molecule has 0 unspecified atom stereocenters. The zero-order valence-corrected chi connectivity index (χ0v) is 15.0. The average Bonchev–Trinajstić information content (AvgIpc) is 2.42. The van der Waals surface area contributed by atoms with Gasteiger partial charge < -0.3 is 5.73 Å². The fourth-order valence-electron chi connectivity index (χ4n) is 3.63. The van der Waals surface area contributed by atoms with Crippen LogP contribution in [-0.2, 0) is 6.42 Å². The van der Waals surface area contributed by atoms with E-state index in [1.807, 2.05) is 12.1 Å². The minimum absolute atomic E-state index is 0.193. The van der Waals surface area contributed by atoms with Gasteiger partial charge in [0.15, 0.2) is 0 Å². The summed E-state index contributed by atoms with van der Waals surface area (Å²) in [6.45, 7) is 7.73. The second kappa shape index (κ2) is 6.37. The molecule has 1 nitrogen and oxygen atoms in total. The standard InChI is InChI=1S/C18H27BrFN/c1-17(2,3)14-6-8-18(12-21,9-7-14)11-13-4-5-16(20)15(19)10-13/h4-5,10,14H,6-9,11-12,21H2,1-3H3. The van der Waals surface area contributed by atoms with Crippen LogP contribution in [0.15, 0.2) is 22.7 Å². The van der Waals surface area contributed by atoms with Crippen LogP contribution in [0.5, 0.6) is 0 Å². The van der Waals surface area contributed by atoms with Crippen LogP contribution in [0.25, 0.3) is 0 Å². The molecule has 1 aromatic rings. The van der Waals surface area contributed by atoms with Crippen molar-refractivity contribution in [3.05, 3.63) is 34.1 Å². The predicted octanol–water partition coefficient (Wildman–Crippen LogP) is 5.31. The van der Waals surface area contributed by atoms with Gasteiger partial charge in [-0.15, -0.1) is 0 Å². The predicted molar refractivity (Wildman–Crippen MR) is 90.7 cm³/mol. The smallest absolute Gasteiger partial charge is 0.137 e. The Kier molecular flexibility index (Phi) is 5.15. The average molecular weight is 356 g/mol. The van der Waals surface area contributed by atoms with Crippen LogP contribution in [0.3, 0.4) is 0 Å². The summed E-state index contributed by atoms with van der Waals surface area (Å²) in [5, 5.41) is 0. The number of nitrogens with two attached hydrogens (primary N) is 1. The van der Waals surface area contributed by atoms with Gasteiger partial charge in [-0.05, 0) is 89.0 Å². The molecule has 21 heavy (non-hydrogen) atoms. The SMILES string of the molecule is CC(C)(C)C1CCC(CN)(Cc2ccc(F)c(Br)c2)CC1. The summed E-state index contributed by atoms with van der Waals surface area (Å²) in [7, 11) is 0. The molecule has 0 spiro atoms. The van der Waals surface area contributed by atoms with Crippen molar-refractivity contribution >= 4 is 15.9 Å². The first-order chi connectivity index (χ1) is 9.76. The van der Waals surface area contributed by atoms with Crippen molar-refractivity contribution < 1.29 is 4.39 Å². The van der Waals surface area contributed by atoms with Gasteiger partial charge >= 0.3 is 0 Å². The van der Waals surface area contributed by atoms with Crippen molar-refractivity contribution in [1.82, 2.24) is 0 Å². The highest BCUT2D eigenvalue weighted by molar-refractivity contribution is 9.10. The zero-order valence-electron chi connectivity index (χ0n) is 13.4. The first kappa shape index (κ1) is 17.0. The lowest BCUT2D eigenvalue weighted by atomic mass is 9.62. The third kappa shape index (κ3) is 4.07. The highest BCUT2D eigenvalue weighted by atomic mass is 79.9. The van der Waals surface area contributed by atoms with Gasteiger partial charge in [0.2, 0.25) is 0 Å². The van der Waals surface area contributed by atoms with E-state index in [4.69, 9.17) is 5.73 Å². The third-order valence-electron chi connectivity index (χ3n) is 5.27. The minimum Gasteiger partial charge on any atom is -0.330 e. The van der Waals surface area contributed by atoms with Gasteiger partial charge in [-0.2, -0.15) is 0 Å². The molecule has 1 fully saturated rings. The normalized spacial score (nSPS) is 26.9. The topological polar surface area (TPSA) is 26.0 Å². The van der Waals surface area contributed by atoms with Gasteiger partial charge in [0.25, 0.3) is 0 Å². The summed E-state index contributed by atoms with van der Waals surface area (Å²) in [5.41, 5.74) is 7.89. The van der Waals surface area contributed by atoms with Crippen LogP contribution < -0.4 is 5.73 Å². The molecule has 1 aliphatic carbocycles. The number of benzene rings is 1. The molecule has 0 radical (unpaired) electrons. The quantitative estimate of drug-likeness (QED) is 0.780. The van der Waals surface area contributed by atoms with Crippen molar-refractivity contribution in [2.24, 2.45) is 22.5 Å². The number of halogens is 2. The molecule has 0 atom stereocenters. The number of hydrogen-bond donors (Lipinski definition) is 1. The van der Waals surface area contributed by atoms with Crippen LogP contribution in [-0.4, -0.2) is 6.54 Å². The van der Waals surface area contributed by atoms with E-state index in [-0.39, 0.29) is 11.2 Å². The van der Waals surface area contributed by atoms with Crippen LogP contribution in [0.1, 0.15) is 52.0 Å². The largest absolute Gasteiger partial charge is 0.330 e. The number of hydrogen-bond acceptors (Lipinski definition) is 1. The molecule has 0 aromatic heterocycles. The van der Waals surface area contributed by atoms with Crippen molar-refractivity contribution in [3.8, 4) is 0 Å². The van der Waals surface area contributed by atoms with E-state index < -0.39 is 0 Å². The summed E-state index contributed by atoms with van der Waals surface area (Å²) in [5.74, 6) is 0.592. The number of rotatable bonds is 3. The summed E-state index contributed by atoms with van der Waals surface area (Å²) < 4.78 is 13.9. The van der Waals surface area contributed by atoms with E-state index in [1.165, 1.54) is 31.2 Å². The van der Waals surface area contributed by atoms with Crippen molar-refractivity contribution in [3.63, 3.8) is 0 Å². The molecule has 3 heteroatoms. The molecule has 2 N–H and O–H groups in total. The molecular formula is C18H27BrFN. The first-order valence-electron chi connectivity index (χ1n) is 7.90. The second-order valence-electron chi connectivity index (χ2n) is 7.77. The van der Waals surface area contributed by atoms with Crippen LogP contribution in [0, 0.1) is 22.6 Å². The molecule has 1 aromatic carbocycles. The molecule has 118 valence electrons.